The molecule has 0 spiro atoms. The highest BCUT2D eigenvalue weighted by Crippen LogP contribution is 2.30. The van der Waals surface area contributed by atoms with Crippen LogP contribution in [0.1, 0.15) is 16.8 Å². The minimum atomic E-state index is -4.48. The molecule has 1 amide bonds. The van der Waals surface area contributed by atoms with Crippen molar-refractivity contribution >= 4 is 23.2 Å². The number of alkyl halides is 3. The van der Waals surface area contributed by atoms with Gasteiger partial charge in [-0.05, 0) is 30.7 Å². The van der Waals surface area contributed by atoms with Crippen molar-refractivity contribution in [2.45, 2.75) is 26.2 Å². The number of amides is 1. The van der Waals surface area contributed by atoms with Crippen molar-refractivity contribution in [1.82, 2.24) is 24.5 Å². The van der Waals surface area contributed by atoms with E-state index >= 15 is 0 Å². The van der Waals surface area contributed by atoms with E-state index < -0.39 is 23.3 Å². The smallest absolute Gasteiger partial charge is 0.350 e. The van der Waals surface area contributed by atoms with Gasteiger partial charge in [0.2, 0.25) is 5.91 Å². The van der Waals surface area contributed by atoms with E-state index in [9.17, 15) is 22.8 Å². The number of carbonyl (C=O) groups excluding carboxylic acids is 1. The maximum Gasteiger partial charge on any atom is 0.416 e. The lowest BCUT2D eigenvalue weighted by Gasteiger charge is -2.08. The number of nitrogens with zero attached hydrogens (tertiary/aromatic N) is 4. The van der Waals surface area contributed by atoms with E-state index in [1.54, 1.807) is 37.3 Å². The van der Waals surface area contributed by atoms with Crippen LogP contribution in [-0.2, 0) is 24.1 Å². The molecule has 1 N–H and O–H groups in total. The zero-order valence-corrected chi connectivity index (χ0v) is 18.0. The van der Waals surface area contributed by atoms with E-state index in [0.717, 1.165) is 26.8 Å². The Morgan fingerprint density at radius 1 is 1.12 bits per heavy atom. The molecule has 0 aliphatic rings. The fourth-order valence-electron chi connectivity index (χ4n) is 3.29. The first-order valence-electron chi connectivity index (χ1n) is 9.78. The van der Waals surface area contributed by atoms with Crippen LogP contribution >= 0.6 is 11.6 Å². The van der Waals surface area contributed by atoms with Crippen LogP contribution in [0.25, 0.3) is 17.0 Å². The zero-order chi connectivity index (χ0) is 23.8. The summed E-state index contributed by atoms with van der Waals surface area (Å²) >= 11 is 6.08. The number of nitrogens with one attached hydrogen (secondary N) is 1. The molecule has 11 heteroatoms. The second-order valence-corrected chi connectivity index (χ2v) is 7.71. The molecule has 0 saturated heterocycles. The minimum absolute atomic E-state index is 0.131. The molecule has 0 atom stereocenters. The molecule has 0 saturated carbocycles. The zero-order valence-electron chi connectivity index (χ0n) is 17.2. The summed E-state index contributed by atoms with van der Waals surface area (Å²) in [7, 11) is 0. The average Bonchev–Trinajstić information content (AvgIpc) is 3.07. The maximum atomic E-state index is 13.0. The van der Waals surface area contributed by atoms with Crippen LogP contribution in [0.2, 0.25) is 5.02 Å². The third kappa shape index (κ3) is 4.75. The van der Waals surface area contributed by atoms with Gasteiger partial charge in [0.15, 0.2) is 5.65 Å². The molecule has 0 fully saturated rings. The normalized spacial score (nSPS) is 11.7. The number of benzene rings is 2. The molecule has 33 heavy (non-hydrogen) atoms. The number of aryl methyl sites for hydroxylation is 1. The van der Waals surface area contributed by atoms with E-state index in [1.807, 2.05) is 0 Å². The quantitative estimate of drug-likeness (QED) is 0.475. The molecule has 2 aromatic carbocycles. The Balaban J connectivity index is 1.63. The van der Waals surface area contributed by atoms with Gasteiger partial charge in [-0.25, -0.2) is 18.9 Å². The molecule has 0 radical (unpaired) electrons. The summed E-state index contributed by atoms with van der Waals surface area (Å²) in [4.78, 5) is 29.7. The Bertz CT molecular complexity index is 1390. The van der Waals surface area contributed by atoms with Crippen molar-refractivity contribution in [3.63, 3.8) is 0 Å². The van der Waals surface area contributed by atoms with Crippen molar-refractivity contribution in [1.29, 1.82) is 0 Å². The van der Waals surface area contributed by atoms with Crippen molar-refractivity contribution in [3.8, 4) is 11.4 Å². The van der Waals surface area contributed by atoms with Crippen molar-refractivity contribution in [2.24, 2.45) is 0 Å². The number of fused-ring (bicyclic) bond motifs is 1. The van der Waals surface area contributed by atoms with Gasteiger partial charge in [-0.1, -0.05) is 41.9 Å². The third-order valence-corrected chi connectivity index (χ3v) is 5.26. The van der Waals surface area contributed by atoms with Gasteiger partial charge < -0.3 is 5.32 Å². The topological polar surface area (TPSA) is 81.3 Å². The number of hydrogen-bond donors (Lipinski definition) is 1. The van der Waals surface area contributed by atoms with E-state index in [0.29, 0.717) is 16.3 Å². The van der Waals surface area contributed by atoms with E-state index in [2.05, 4.69) is 15.4 Å². The molecule has 4 aromatic rings. The number of hydrogen-bond acceptors (Lipinski definition) is 4. The Kier molecular flexibility index (Phi) is 5.94. The predicted octanol–water partition coefficient (Wildman–Crippen LogP) is 3.86. The van der Waals surface area contributed by atoms with Gasteiger partial charge in [-0.15, -0.1) is 5.10 Å². The van der Waals surface area contributed by atoms with Crippen LogP contribution in [0.3, 0.4) is 0 Å². The first-order chi connectivity index (χ1) is 15.6. The Morgan fingerprint density at radius 2 is 1.82 bits per heavy atom. The number of carbonyl (C=O) groups is 1. The molecule has 2 aromatic heterocycles. The molecule has 0 unspecified atom stereocenters. The highest BCUT2D eigenvalue weighted by atomic mass is 35.5. The molecular weight excluding hydrogens is 459 g/mol. The molecule has 2 heterocycles. The van der Waals surface area contributed by atoms with Crippen molar-refractivity contribution < 1.29 is 18.0 Å². The highest BCUT2D eigenvalue weighted by Gasteiger charge is 2.30. The number of halogens is 4. The van der Waals surface area contributed by atoms with Crippen LogP contribution in [0.5, 0.6) is 0 Å². The van der Waals surface area contributed by atoms with Crippen molar-refractivity contribution in [3.05, 3.63) is 86.9 Å². The largest absolute Gasteiger partial charge is 0.416 e. The summed E-state index contributed by atoms with van der Waals surface area (Å²) in [6.45, 7) is 1.50. The maximum absolute atomic E-state index is 13.0. The summed E-state index contributed by atoms with van der Waals surface area (Å²) in [6, 6.07) is 12.9. The number of aromatic nitrogens is 4. The third-order valence-electron chi connectivity index (χ3n) is 4.89. The minimum Gasteiger partial charge on any atom is -0.350 e. The van der Waals surface area contributed by atoms with Crippen LogP contribution < -0.4 is 11.0 Å². The van der Waals surface area contributed by atoms with Gasteiger partial charge in [0.05, 0.1) is 5.56 Å². The molecule has 0 bridgehead atoms. The second kappa shape index (κ2) is 8.70. The average molecular weight is 476 g/mol. The lowest BCUT2D eigenvalue weighted by atomic mass is 10.1. The Morgan fingerprint density at radius 3 is 2.48 bits per heavy atom. The number of rotatable bonds is 5. The molecule has 4 rings (SSSR count). The van der Waals surface area contributed by atoms with Crippen LogP contribution in [-0.4, -0.2) is 25.1 Å². The fraction of sp³-hybridized carbons (Fsp3) is 0.182. The van der Waals surface area contributed by atoms with E-state index in [4.69, 9.17) is 11.6 Å². The molecule has 0 aliphatic carbocycles. The molecular formula is C22H17ClF3N5O2. The Hall–Kier alpha value is -3.66. The van der Waals surface area contributed by atoms with Gasteiger partial charge in [0, 0.05) is 28.9 Å². The fourth-order valence-corrected chi connectivity index (χ4v) is 3.49. The molecule has 0 aliphatic heterocycles. The van der Waals surface area contributed by atoms with Gasteiger partial charge in [0.25, 0.3) is 0 Å². The SMILES string of the molecule is Cc1cc2nn(CC(=O)NCc3ccccc3Cl)c(=O)n2c(-c2ccc(C(F)(F)F)cc2)n1. The lowest BCUT2D eigenvalue weighted by molar-refractivity contribution is -0.137. The van der Waals surface area contributed by atoms with Crippen LogP contribution in [0, 0.1) is 6.92 Å². The molecule has 170 valence electrons. The first kappa shape index (κ1) is 22.5. The summed E-state index contributed by atoms with van der Waals surface area (Å²) in [5, 5.41) is 7.38. The lowest BCUT2D eigenvalue weighted by Crippen LogP contribution is -2.32. The van der Waals surface area contributed by atoms with Crippen LogP contribution in [0.4, 0.5) is 13.2 Å². The van der Waals surface area contributed by atoms with Gasteiger partial charge in [-0.3, -0.25) is 4.79 Å². The first-order valence-corrected chi connectivity index (χ1v) is 10.2. The summed E-state index contributed by atoms with van der Waals surface area (Å²) < 4.78 is 40.8. The second-order valence-electron chi connectivity index (χ2n) is 7.30. The summed E-state index contributed by atoms with van der Waals surface area (Å²) in [6.07, 6.45) is -4.48. The summed E-state index contributed by atoms with van der Waals surface area (Å²) in [5.74, 6) is -0.326. The van der Waals surface area contributed by atoms with Gasteiger partial charge >= 0.3 is 11.9 Å². The predicted molar refractivity (Wildman–Crippen MR) is 116 cm³/mol. The monoisotopic (exact) mass is 475 g/mol. The van der Waals surface area contributed by atoms with E-state index in [-0.39, 0.29) is 24.6 Å². The van der Waals surface area contributed by atoms with Gasteiger partial charge in [-0.2, -0.15) is 13.2 Å². The van der Waals surface area contributed by atoms with Crippen LogP contribution in [0.15, 0.2) is 59.4 Å². The van der Waals surface area contributed by atoms with Gasteiger partial charge in [0.1, 0.15) is 12.4 Å². The Labute approximate surface area is 190 Å². The van der Waals surface area contributed by atoms with E-state index in [1.165, 1.54) is 12.1 Å². The standard InChI is InChI=1S/C22H17ClF3N5O2/c1-13-10-18-29-30(12-19(32)27-11-15-4-2-3-5-17(15)23)21(33)31(18)20(28-13)14-6-8-16(9-7-14)22(24,25)26/h2-10H,11-12H2,1H3,(H,27,32). The highest BCUT2D eigenvalue weighted by molar-refractivity contribution is 6.31. The molecule has 7 nitrogen and oxygen atoms in total. The summed E-state index contributed by atoms with van der Waals surface area (Å²) in [5.41, 5.74) is 0.313. The van der Waals surface area contributed by atoms with Crippen molar-refractivity contribution in [2.75, 3.05) is 0 Å².